The zero-order valence-corrected chi connectivity index (χ0v) is 11.7. The maximum atomic E-state index is 12.6. The van der Waals surface area contributed by atoms with Crippen LogP contribution in [0.1, 0.15) is 4.88 Å². The summed E-state index contributed by atoms with van der Waals surface area (Å²) in [4.78, 5) is 11.5. The van der Waals surface area contributed by atoms with Gasteiger partial charge in [0.2, 0.25) is 0 Å². The number of carbonyl (C=O) groups is 1. The molecule has 0 aliphatic heterocycles. The number of azo groups is 1. The van der Waals surface area contributed by atoms with Gasteiger partial charge in [-0.25, -0.2) is 0 Å². The summed E-state index contributed by atoms with van der Waals surface area (Å²) < 4.78 is 37.9. The molecule has 0 saturated heterocycles. The highest BCUT2D eigenvalue weighted by Crippen LogP contribution is 2.29. The van der Waals surface area contributed by atoms with Gasteiger partial charge in [0.05, 0.1) is 10.6 Å². The van der Waals surface area contributed by atoms with E-state index in [0.717, 1.165) is 11.3 Å². The summed E-state index contributed by atoms with van der Waals surface area (Å²) in [7, 11) is 0. The molecule has 2 rings (SSSR count). The Morgan fingerprint density at radius 2 is 1.77 bits per heavy atom. The third kappa shape index (κ3) is 3.79. The first-order valence-electron chi connectivity index (χ1n) is 5.95. The fourth-order valence-electron chi connectivity index (χ4n) is 1.47. The maximum absolute atomic E-state index is 12.6. The quantitative estimate of drug-likeness (QED) is 0.494. The van der Waals surface area contributed by atoms with Crippen LogP contribution < -0.4 is 0 Å². The molecule has 22 heavy (non-hydrogen) atoms. The van der Waals surface area contributed by atoms with Crippen LogP contribution in [0.5, 0.6) is 0 Å². The number of allylic oxidation sites excluding steroid dienone is 1. The highest BCUT2D eigenvalue weighted by atomic mass is 32.1. The fraction of sp³-hybridized carbons (Fsp3) is 0.0714. The van der Waals surface area contributed by atoms with Crippen molar-refractivity contribution in [3.05, 3.63) is 58.4 Å². The van der Waals surface area contributed by atoms with Crippen LogP contribution in [0.4, 0.5) is 18.9 Å². The first kappa shape index (κ1) is 15.9. The summed E-state index contributed by atoms with van der Waals surface area (Å²) in [5, 5.41) is 18.3. The largest absolute Gasteiger partial charge is 0.504 e. The van der Waals surface area contributed by atoms with E-state index < -0.39 is 23.4 Å². The van der Waals surface area contributed by atoms with Crippen molar-refractivity contribution in [2.75, 3.05) is 0 Å². The Morgan fingerprint density at radius 3 is 2.32 bits per heavy atom. The van der Waals surface area contributed by atoms with Gasteiger partial charge in [-0.15, -0.1) is 16.5 Å². The Morgan fingerprint density at radius 1 is 1.09 bits per heavy atom. The first-order chi connectivity index (χ1) is 10.4. The first-order valence-corrected chi connectivity index (χ1v) is 6.83. The van der Waals surface area contributed by atoms with Crippen molar-refractivity contribution in [1.82, 2.24) is 0 Å². The lowest BCUT2D eigenvalue weighted by molar-refractivity contribution is -0.166. The van der Waals surface area contributed by atoms with Crippen LogP contribution >= 0.6 is 11.3 Å². The molecular weight excluding hydrogens is 317 g/mol. The van der Waals surface area contributed by atoms with Crippen molar-refractivity contribution in [1.29, 1.82) is 0 Å². The molecule has 0 saturated carbocycles. The Kier molecular flexibility index (Phi) is 4.71. The molecule has 4 nitrogen and oxygen atoms in total. The van der Waals surface area contributed by atoms with Crippen molar-refractivity contribution in [3.8, 4) is 0 Å². The number of nitrogens with zero attached hydrogens (tertiary/aromatic N) is 2. The number of hydrogen-bond donors (Lipinski definition) is 1. The zero-order valence-electron chi connectivity index (χ0n) is 10.9. The van der Waals surface area contributed by atoms with Gasteiger partial charge in [-0.3, -0.25) is 4.79 Å². The molecule has 1 heterocycles. The molecule has 2 aromatic rings. The number of hydrogen-bond acceptors (Lipinski definition) is 5. The van der Waals surface area contributed by atoms with Crippen LogP contribution in [-0.2, 0) is 4.79 Å². The zero-order chi connectivity index (χ0) is 16.2. The number of rotatable bonds is 4. The van der Waals surface area contributed by atoms with Crippen LogP contribution in [0.3, 0.4) is 0 Å². The topological polar surface area (TPSA) is 62.0 Å². The summed E-state index contributed by atoms with van der Waals surface area (Å²) in [5.74, 6) is -3.10. The average molecular weight is 326 g/mol. The molecule has 0 amide bonds. The van der Waals surface area contributed by atoms with Crippen LogP contribution in [-0.4, -0.2) is 17.1 Å². The standard InChI is InChI=1S/C14H9F3N2O2S/c15-14(16,17)13(21)11(12(20)10-7-4-8-22-10)19-18-9-5-2-1-3-6-9/h1-8,20H/b12-11-,19-18?. The number of halogens is 3. The summed E-state index contributed by atoms with van der Waals surface area (Å²) in [6.07, 6.45) is -5.16. The van der Waals surface area contributed by atoms with E-state index in [-0.39, 0.29) is 10.6 Å². The van der Waals surface area contributed by atoms with Gasteiger partial charge in [-0.2, -0.15) is 18.3 Å². The van der Waals surface area contributed by atoms with Crippen molar-refractivity contribution in [3.63, 3.8) is 0 Å². The molecule has 0 radical (unpaired) electrons. The Balaban J connectivity index is 2.45. The van der Waals surface area contributed by atoms with Crippen LogP contribution in [0.15, 0.2) is 63.8 Å². The van der Waals surface area contributed by atoms with Gasteiger partial charge in [-0.05, 0) is 23.6 Å². The molecule has 1 N–H and O–H groups in total. The van der Waals surface area contributed by atoms with Gasteiger partial charge >= 0.3 is 6.18 Å². The number of ketones is 1. The lowest BCUT2D eigenvalue weighted by Crippen LogP contribution is -2.24. The normalized spacial score (nSPS) is 13.2. The molecule has 0 fully saturated rings. The minimum Gasteiger partial charge on any atom is -0.504 e. The number of thiophene rings is 1. The SMILES string of the molecule is O=C(/C(N=Nc1ccccc1)=C(/O)c1cccs1)C(F)(F)F. The van der Waals surface area contributed by atoms with Gasteiger partial charge < -0.3 is 5.11 Å². The lowest BCUT2D eigenvalue weighted by Gasteiger charge is -2.06. The molecule has 0 atom stereocenters. The molecule has 1 aromatic carbocycles. The second-order valence-electron chi connectivity index (χ2n) is 4.04. The highest BCUT2D eigenvalue weighted by Gasteiger charge is 2.43. The van der Waals surface area contributed by atoms with Crippen LogP contribution in [0.2, 0.25) is 0 Å². The Hall–Kier alpha value is -2.48. The van der Waals surface area contributed by atoms with Crippen molar-refractivity contribution >= 4 is 28.6 Å². The third-order valence-electron chi connectivity index (χ3n) is 2.47. The molecule has 0 unspecified atom stereocenters. The van der Waals surface area contributed by atoms with E-state index in [1.165, 1.54) is 24.3 Å². The van der Waals surface area contributed by atoms with Gasteiger partial charge in [0.1, 0.15) is 0 Å². The Labute approximate surface area is 127 Å². The summed E-state index contributed by atoms with van der Waals surface area (Å²) >= 11 is 0.980. The minimum atomic E-state index is -5.16. The molecule has 0 spiro atoms. The second kappa shape index (κ2) is 6.52. The third-order valence-corrected chi connectivity index (χ3v) is 3.35. The van der Waals surface area contributed by atoms with Crippen molar-refractivity contribution in [2.24, 2.45) is 10.2 Å². The number of Topliss-reactive ketones (excluding diaryl/α,β-unsaturated/α-hetero) is 1. The molecule has 8 heteroatoms. The highest BCUT2D eigenvalue weighted by molar-refractivity contribution is 7.11. The molecule has 0 aliphatic rings. The Bertz CT molecular complexity index is 707. The van der Waals surface area contributed by atoms with Crippen LogP contribution in [0, 0.1) is 0 Å². The number of carbonyl (C=O) groups excluding carboxylic acids is 1. The van der Waals surface area contributed by atoms with E-state index >= 15 is 0 Å². The average Bonchev–Trinajstić information content (AvgIpc) is 3.01. The van der Waals surface area contributed by atoms with Crippen molar-refractivity contribution in [2.45, 2.75) is 6.18 Å². The monoisotopic (exact) mass is 326 g/mol. The lowest BCUT2D eigenvalue weighted by atomic mass is 10.2. The predicted molar refractivity (Wildman–Crippen MR) is 75.9 cm³/mol. The fourth-order valence-corrected chi connectivity index (χ4v) is 2.14. The number of benzene rings is 1. The summed E-state index contributed by atoms with van der Waals surface area (Å²) in [6.45, 7) is 0. The number of aliphatic hydroxyl groups excluding tert-OH is 1. The molecule has 0 bridgehead atoms. The van der Waals surface area contributed by atoms with E-state index in [1.807, 2.05) is 0 Å². The molecule has 0 aliphatic carbocycles. The van der Waals surface area contributed by atoms with Gasteiger partial charge in [-0.1, -0.05) is 24.3 Å². The van der Waals surface area contributed by atoms with Gasteiger partial charge in [0.15, 0.2) is 11.5 Å². The summed E-state index contributed by atoms with van der Waals surface area (Å²) in [6, 6.07) is 10.8. The predicted octanol–water partition coefficient (Wildman–Crippen LogP) is 4.89. The summed E-state index contributed by atoms with van der Waals surface area (Å²) in [5.41, 5.74) is -0.882. The smallest absolute Gasteiger partial charge is 0.456 e. The molecular formula is C14H9F3N2O2S. The van der Waals surface area contributed by atoms with E-state index in [2.05, 4.69) is 10.2 Å². The van der Waals surface area contributed by atoms with Crippen molar-refractivity contribution < 1.29 is 23.1 Å². The second-order valence-corrected chi connectivity index (χ2v) is 4.98. The van der Waals surface area contributed by atoms with E-state index in [4.69, 9.17) is 0 Å². The minimum absolute atomic E-state index is 0.0969. The van der Waals surface area contributed by atoms with E-state index in [1.54, 1.807) is 23.6 Å². The van der Waals surface area contributed by atoms with Crippen LogP contribution in [0.25, 0.3) is 5.76 Å². The number of alkyl halides is 3. The van der Waals surface area contributed by atoms with Gasteiger partial charge in [0, 0.05) is 0 Å². The van der Waals surface area contributed by atoms with E-state index in [0.29, 0.717) is 0 Å². The maximum Gasteiger partial charge on any atom is 0.456 e. The van der Waals surface area contributed by atoms with Gasteiger partial charge in [0.25, 0.3) is 5.78 Å². The van der Waals surface area contributed by atoms with E-state index in [9.17, 15) is 23.1 Å². The molecule has 114 valence electrons. The molecule has 1 aromatic heterocycles. The number of aliphatic hydroxyl groups is 1.